The van der Waals surface area contributed by atoms with Gasteiger partial charge in [0.05, 0.1) is 6.61 Å². The van der Waals surface area contributed by atoms with Crippen molar-refractivity contribution in [2.24, 2.45) is 0 Å². The Morgan fingerprint density at radius 2 is 0.258 bits per heavy atom. The molecule has 0 saturated heterocycles. The fourth-order valence-corrected chi connectivity index (χ4v) is 0.370. The third kappa shape index (κ3) is 8470. The molecule has 0 aliphatic heterocycles. The predicted octanol–water partition coefficient (Wildman–Crippen LogP) is -8.55. The molecule has 0 aliphatic rings. The van der Waals surface area contributed by atoms with Gasteiger partial charge in [0.25, 0.3) is 0 Å². The number of hydrogen-bond donors (Lipinski definition) is 29. The summed E-state index contributed by atoms with van der Waals surface area (Å²) >= 11 is 0. The first-order chi connectivity index (χ1) is 27.0. The zero-order valence-corrected chi connectivity index (χ0v) is 43.7. The maximum Gasteiger partial charge on any atom is 0.316 e. The molecule has 0 spiro atoms. The quantitative estimate of drug-likeness (QED) is 0.114. The molecule has 45 nitrogen and oxygen atoms in total. The van der Waals surface area contributed by atoms with Gasteiger partial charge >= 0.3 is 124 Å². The Hall–Kier alpha value is 2.25. The molecular weight excluding hydrogens is 1210 g/mol. The van der Waals surface area contributed by atoms with Crippen molar-refractivity contribution in [2.75, 3.05) is 6.61 Å². The molecule has 0 aromatic carbocycles. The molecule has 1 unspecified atom stereocenters. The van der Waals surface area contributed by atoms with Crippen LogP contribution < -0.4 is 0 Å². The molecule has 0 aliphatic carbocycles. The van der Waals surface area contributed by atoms with Gasteiger partial charge in [-0.25, -0.2) is 0 Å². The van der Waals surface area contributed by atoms with Gasteiger partial charge in [-0.1, -0.05) is 0 Å². The molecule has 29 N–H and O–H groups in total. The maximum absolute atomic E-state index is 9.56. The highest BCUT2D eigenvalue weighted by atomic mass is 31.2. The van der Waals surface area contributed by atoms with E-state index < -0.39 is 124 Å². The van der Waals surface area contributed by atoms with Crippen LogP contribution in [0.5, 0.6) is 0 Å². The van der Waals surface area contributed by atoms with E-state index in [1.54, 1.807) is 6.92 Å². The lowest BCUT2D eigenvalue weighted by Gasteiger charge is -1.86. The molecule has 60 heteroatoms. The van der Waals surface area contributed by atoms with Crippen LogP contribution in [0, 0.1) is 0 Å². The average molecular weight is 1260 g/mol. The second kappa shape index (κ2) is 101. The van der Waals surface area contributed by atoms with Gasteiger partial charge in [0.2, 0.25) is 0 Å². The normalized spacial score (nSPS) is 9.29. The lowest BCUT2D eigenvalue weighted by Crippen LogP contribution is -1.72. The summed E-state index contributed by atoms with van der Waals surface area (Å²) in [4.78, 5) is 208. The lowest BCUT2D eigenvalue weighted by molar-refractivity contribution is 0.297. The van der Waals surface area contributed by atoms with Crippen molar-refractivity contribution in [2.45, 2.75) is 6.92 Å². The summed E-state index contributed by atoms with van der Waals surface area (Å²) in [6, 6.07) is 0. The molecule has 0 bridgehead atoms. The topological polar surface area (TPSA) is 852 Å². The van der Waals surface area contributed by atoms with Crippen LogP contribution in [0.2, 0.25) is 0 Å². The smallest absolute Gasteiger partial charge is 0.316 e. The molecule has 0 amide bonds. The minimum Gasteiger partial charge on any atom is -0.326 e. The first-order valence-electron chi connectivity index (χ1n) is 10.7. The van der Waals surface area contributed by atoms with Crippen molar-refractivity contribution < 1.29 is 215 Å². The fraction of sp³-hybridized carbons (Fsp3) is 1.00. The van der Waals surface area contributed by atoms with Crippen LogP contribution in [0.15, 0.2) is 0 Å². The van der Waals surface area contributed by atoms with Crippen LogP contribution in [0.25, 0.3) is 0 Å². The van der Waals surface area contributed by atoms with Crippen LogP contribution in [0.1, 0.15) is 6.92 Å². The molecule has 0 rings (SSSR count). The van der Waals surface area contributed by atoms with Gasteiger partial charge in [0.1, 0.15) is 0 Å². The van der Waals surface area contributed by atoms with E-state index in [1.807, 2.05) is 0 Å². The Morgan fingerprint density at radius 3 is 0.258 bits per heavy atom. The summed E-state index contributed by atoms with van der Waals surface area (Å²) < 4.78 is 136. The van der Waals surface area contributed by atoms with Crippen LogP contribution >= 0.6 is 124 Å². The molecule has 402 valence electrons. The van der Waals surface area contributed by atoms with Gasteiger partial charge in [-0.05, 0) is 6.92 Å². The molecule has 1 atom stereocenters. The van der Waals surface area contributed by atoms with Crippen LogP contribution in [0.3, 0.4) is 0 Å². The van der Waals surface area contributed by atoms with E-state index >= 15 is 0 Å². The van der Waals surface area contributed by atoms with E-state index in [0.29, 0.717) is 6.61 Å². The third-order valence-electron chi connectivity index (χ3n) is 0.268. The summed E-state index contributed by atoms with van der Waals surface area (Å²) in [6.07, 6.45) is 0. The molecular formula is C2H49O45P15. The Morgan fingerprint density at radius 1 is 0.210 bits per heavy atom. The Kier molecular flexibility index (Phi) is 173. The van der Waals surface area contributed by atoms with Gasteiger partial charge < -0.3 is 146 Å². The molecule has 0 aromatic heterocycles. The predicted molar refractivity (Wildman–Crippen MR) is 211 cm³/mol. The standard InChI is InChI=1S/C2H7O3P.14H3O3P/c1-2-5-6(3)4;14*1-4(2)3/h6H,2H2,1H3,(H,3,4);14*4H,(H2,1,2,3). The van der Waals surface area contributed by atoms with Gasteiger partial charge in [-0.3, -0.25) is 68.5 Å². The Balaban J connectivity index is -0.0000000294. The van der Waals surface area contributed by atoms with E-state index in [2.05, 4.69) is 4.52 Å². The summed E-state index contributed by atoms with van der Waals surface area (Å²) in [7, 11) is -46.5. The van der Waals surface area contributed by atoms with Crippen molar-refractivity contribution in [3.8, 4) is 0 Å². The maximum atomic E-state index is 9.56. The minimum atomic E-state index is -3.13. The first-order valence-corrected chi connectivity index (χ1v) is 30.2. The van der Waals surface area contributed by atoms with Gasteiger partial charge in [-0.15, -0.1) is 0 Å². The van der Waals surface area contributed by atoms with Crippen LogP contribution in [-0.2, 0) is 73.0 Å². The summed E-state index contributed by atoms with van der Waals surface area (Å²) in [5.74, 6) is 0. The lowest BCUT2D eigenvalue weighted by atomic mass is 10.9. The highest BCUT2D eigenvalue weighted by Crippen LogP contribution is 2.12. The molecule has 0 aromatic rings. The third-order valence-corrected chi connectivity index (χ3v) is 0.803. The van der Waals surface area contributed by atoms with Crippen molar-refractivity contribution >= 4 is 124 Å². The Labute approximate surface area is 352 Å². The second-order valence-electron chi connectivity index (χ2n) is 4.65. The SMILES string of the molecule is CCO[PH](=O)O.O=[PH](O)O.O=[PH](O)O.O=[PH](O)O.O=[PH](O)O.O=[PH](O)O.O=[PH](O)O.O=[PH](O)O.O=[PH](O)O.O=[PH](O)O.O=[PH](O)O.O=[PH](O)O.O=[PH](O)O.O=[PH](O)O.O=[PH](O)O. The van der Waals surface area contributed by atoms with Crippen LogP contribution in [0.4, 0.5) is 0 Å². The Bertz CT molecular complexity index is 826. The number of hydrogen-bond acceptors (Lipinski definition) is 16. The monoisotopic (exact) mass is 1260 g/mol. The van der Waals surface area contributed by atoms with Crippen molar-refractivity contribution in [1.82, 2.24) is 0 Å². The van der Waals surface area contributed by atoms with E-state index in [-0.39, 0.29) is 0 Å². The van der Waals surface area contributed by atoms with E-state index in [4.69, 9.17) is 206 Å². The van der Waals surface area contributed by atoms with Gasteiger partial charge in [0.15, 0.2) is 0 Å². The fourth-order valence-electron chi connectivity index (χ4n) is 0.123. The summed E-state index contributed by atoms with van der Waals surface area (Å²) in [5.41, 5.74) is 0. The van der Waals surface area contributed by atoms with Gasteiger partial charge in [0, 0.05) is 0 Å². The number of rotatable bonds is 2. The summed E-state index contributed by atoms with van der Waals surface area (Å²) in [6.45, 7) is 1.98. The first kappa shape index (κ1) is 106. The zero-order chi connectivity index (χ0) is 55.1. The highest BCUT2D eigenvalue weighted by Gasteiger charge is 1.81. The van der Waals surface area contributed by atoms with Crippen LogP contribution in [-0.4, -0.2) is 149 Å². The molecule has 0 radical (unpaired) electrons. The molecule has 0 saturated carbocycles. The largest absolute Gasteiger partial charge is 0.326 e. The second-order valence-corrected chi connectivity index (χ2v) is 13.4. The molecule has 62 heavy (non-hydrogen) atoms. The van der Waals surface area contributed by atoms with Crippen molar-refractivity contribution in [3.63, 3.8) is 0 Å². The van der Waals surface area contributed by atoms with E-state index in [0.717, 1.165) is 0 Å². The highest BCUT2D eigenvalue weighted by molar-refractivity contribution is 7.33. The summed E-state index contributed by atoms with van der Waals surface area (Å²) in [5, 5.41) is 0. The van der Waals surface area contributed by atoms with Gasteiger partial charge in [-0.2, -0.15) is 0 Å². The zero-order valence-electron chi connectivity index (χ0n) is 28.7. The van der Waals surface area contributed by atoms with E-state index in [9.17, 15) is 4.57 Å². The average Bonchev–Trinajstić information content (AvgIpc) is 2.84. The van der Waals surface area contributed by atoms with Crippen molar-refractivity contribution in [3.05, 3.63) is 0 Å². The van der Waals surface area contributed by atoms with E-state index in [1.165, 1.54) is 0 Å². The van der Waals surface area contributed by atoms with Crippen molar-refractivity contribution in [1.29, 1.82) is 0 Å². The molecule has 0 fully saturated rings. The minimum absolute atomic E-state index is 0.314. The molecule has 0 heterocycles.